The maximum Gasteiger partial charge on any atom is 0.322 e. The first-order chi connectivity index (χ1) is 11.6. The maximum absolute atomic E-state index is 11.2. The number of nitrogens with one attached hydrogen (secondary N) is 4. The lowest BCUT2D eigenvalue weighted by atomic mass is 10.0. The Morgan fingerprint density at radius 1 is 0.667 bits per heavy atom. The van der Waals surface area contributed by atoms with E-state index in [9.17, 15) is 9.59 Å². The standard InChI is InChI=1S/C16H20N4O2P2/c21-15(19-23)17-13-7-3-11(4-8-13)1-2-12-5-9-14(10-6-12)18-16(22)20-24/h3-10H,1-2,23-24H2,(H2,17,19,21)(H2,18,20,22). The third kappa shape index (κ3) is 5.80. The molecule has 2 unspecified atom stereocenters. The highest BCUT2D eigenvalue weighted by atomic mass is 31.0. The fraction of sp³-hybridized carbons (Fsp3) is 0.125. The molecule has 2 atom stereocenters. The van der Waals surface area contributed by atoms with Crippen LogP contribution in [0.2, 0.25) is 0 Å². The second-order valence-corrected chi connectivity index (χ2v) is 5.67. The van der Waals surface area contributed by atoms with Crippen molar-refractivity contribution in [3.05, 3.63) is 59.7 Å². The number of urea groups is 2. The Morgan fingerprint density at radius 2 is 1.00 bits per heavy atom. The van der Waals surface area contributed by atoms with E-state index in [0.717, 1.165) is 24.2 Å². The topological polar surface area (TPSA) is 82.3 Å². The minimum absolute atomic E-state index is 0.267. The van der Waals surface area contributed by atoms with Crippen LogP contribution in [0.15, 0.2) is 48.5 Å². The van der Waals surface area contributed by atoms with Crippen molar-refractivity contribution in [2.45, 2.75) is 12.8 Å². The van der Waals surface area contributed by atoms with Crippen LogP contribution in [0.5, 0.6) is 0 Å². The van der Waals surface area contributed by atoms with Gasteiger partial charge >= 0.3 is 12.1 Å². The van der Waals surface area contributed by atoms with Crippen LogP contribution in [0.25, 0.3) is 0 Å². The van der Waals surface area contributed by atoms with Gasteiger partial charge in [0.1, 0.15) is 0 Å². The number of aryl methyl sites for hydroxylation is 2. The summed E-state index contributed by atoms with van der Waals surface area (Å²) in [5, 5.41) is 10.3. The molecule has 0 spiro atoms. The van der Waals surface area contributed by atoms with Gasteiger partial charge in [0.25, 0.3) is 0 Å². The monoisotopic (exact) mass is 362 g/mol. The Hall–Kier alpha value is -2.16. The van der Waals surface area contributed by atoms with Crippen LogP contribution in [0.3, 0.4) is 0 Å². The first-order valence-corrected chi connectivity index (χ1v) is 8.49. The molecule has 6 nitrogen and oxygen atoms in total. The highest BCUT2D eigenvalue weighted by Gasteiger charge is 2.01. The van der Waals surface area contributed by atoms with Gasteiger partial charge in [0, 0.05) is 11.4 Å². The molecular weight excluding hydrogens is 342 g/mol. The van der Waals surface area contributed by atoms with Crippen LogP contribution in [0.1, 0.15) is 11.1 Å². The van der Waals surface area contributed by atoms with Gasteiger partial charge in [-0.15, -0.1) is 0 Å². The Morgan fingerprint density at radius 3 is 1.29 bits per heavy atom. The van der Waals surface area contributed by atoms with Crippen molar-refractivity contribution >= 4 is 42.2 Å². The fourth-order valence-corrected chi connectivity index (χ4v) is 2.28. The molecule has 2 aromatic rings. The normalized spacial score (nSPS) is 9.92. The smallest absolute Gasteiger partial charge is 0.322 e. The number of carbonyl (C=O) groups excluding carboxylic acids is 2. The molecule has 4 amide bonds. The molecule has 0 fully saturated rings. The van der Waals surface area contributed by atoms with Gasteiger partial charge in [-0.2, -0.15) is 0 Å². The highest BCUT2D eigenvalue weighted by Crippen LogP contribution is 2.14. The van der Waals surface area contributed by atoms with Crippen LogP contribution in [0, 0.1) is 0 Å². The number of benzene rings is 2. The lowest BCUT2D eigenvalue weighted by Crippen LogP contribution is -2.19. The average molecular weight is 362 g/mol. The lowest BCUT2D eigenvalue weighted by molar-refractivity contribution is 0.256. The molecule has 8 heteroatoms. The van der Waals surface area contributed by atoms with Gasteiger partial charge in [-0.05, 0) is 67.0 Å². The van der Waals surface area contributed by atoms with Crippen LogP contribution in [0.4, 0.5) is 21.0 Å². The number of carbonyl (C=O) groups is 2. The van der Waals surface area contributed by atoms with Crippen LogP contribution >= 0.6 is 18.8 Å². The van der Waals surface area contributed by atoms with Crippen molar-refractivity contribution in [2.75, 3.05) is 10.6 Å². The van der Waals surface area contributed by atoms with E-state index in [4.69, 9.17) is 0 Å². The molecule has 2 aromatic carbocycles. The molecule has 24 heavy (non-hydrogen) atoms. The van der Waals surface area contributed by atoms with E-state index >= 15 is 0 Å². The maximum atomic E-state index is 11.2. The average Bonchev–Trinajstić information content (AvgIpc) is 2.62. The molecule has 2 rings (SSSR count). The zero-order valence-corrected chi connectivity index (χ0v) is 15.3. The molecule has 0 radical (unpaired) electrons. The third-order valence-corrected chi connectivity index (χ3v) is 3.91. The van der Waals surface area contributed by atoms with E-state index in [-0.39, 0.29) is 12.1 Å². The summed E-state index contributed by atoms with van der Waals surface area (Å²) in [7, 11) is 4.31. The van der Waals surface area contributed by atoms with E-state index < -0.39 is 0 Å². The third-order valence-electron chi connectivity index (χ3n) is 3.39. The highest BCUT2D eigenvalue weighted by molar-refractivity contribution is 7.15. The van der Waals surface area contributed by atoms with Crippen LogP contribution < -0.4 is 20.8 Å². The molecular formula is C16H20N4O2P2. The van der Waals surface area contributed by atoms with E-state index in [1.165, 1.54) is 11.1 Å². The van der Waals surface area contributed by atoms with E-state index in [0.29, 0.717) is 0 Å². The summed E-state index contributed by atoms with van der Waals surface area (Å²) in [5.74, 6) is 0. The number of amides is 4. The summed E-state index contributed by atoms with van der Waals surface area (Å²) >= 11 is 0. The molecule has 0 aromatic heterocycles. The summed E-state index contributed by atoms with van der Waals surface area (Å²) < 4.78 is 0. The molecule has 4 N–H and O–H groups in total. The van der Waals surface area contributed by atoms with E-state index in [1.54, 1.807) is 0 Å². The van der Waals surface area contributed by atoms with Gasteiger partial charge in [0.15, 0.2) is 0 Å². The second-order valence-electron chi connectivity index (χ2n) is 5.09. The van der Waals surface area contributed by atoms with Crippen LogP contribution in [-0.4, -0.2) is 12.1 Å². The summed E-state index contributed by atoms with van der Waals surface area (Å²) in [6, 6.07) is 15.0. The quantitative estimate of drug-likeness (QED) is 0.616. The molecule has 0 aliphatic rings. The largest absolute Gasteiger partial charge is 0.323 e. The number of rotatable bonds is 5. The Bertz CT molecular complexity index is 629. The minimum Gasteiger partial charge on any atom is -0.323 e. The summed E-state index contributed by atoms with van der Waals surface area (Å²) in [5.41, 5.74) is 3.89. The van der Waals surface area contributed by atoms with Crippen molar-refractivity contribution in [3.63, 3.8) is 0 Å². The summed E-state index contributed by atoms with van der Waals surface area (Å²) in [6.07, 6.45) is 1.80. The molecule has 126 valence electrons. The fourth-order valence-electron chi connectivity index (χ4n) is 2.13. The molecule has 0 heterocycles. The van der Waals surface area contributed by atoms with E-state index in [1.807, 2.05) is 48.5 Å². The van der Waals surface area contributed by atoms with Crippen molar-refractivity contribution in [1.82, 2.24) is 10.2 Å². The molecule has 0 aliphatic heterocycles. The van der Waals surface area contributed by atoms with Crippen molar-refractivity contribution in [3.8, 4) is 0 Å². The number of anilines is 2. The predicted octanol–water partition coefficient (Wildman–Crippen LogP) is 3.30. The van der Waals surface area contributed by atoms with Crippen LogP contribution in [-0.2, 0) is 12.8 Å². The Kier molecular flexibility index (Phi) is 6.98. The zero-order valence-electron chi connectivity index (χ0n) is 13.0. The van der Waals surface area contributed by atoms with Gasteiger partial charge < -0.3 is 20.8 Å². The van der Waals surface area contributed by atoms with Crippen molar-refractivity contribution < 1.29 is 9.59 Å². The molecule has 0 saturated carbocycles. The van der Waals surface area contributed by atoms with Crippen molar-refractivity contribution in [2.24, 2.45) is 0 Å². The molecule has 0 saturated heterocycles. The Labute approximate surface area is 145 Å². The van der Waals surface area contributed by atoms with Crippen molar-refractivity contribution in [1.29, 1.82) is 0 Å². The second kappa shape index (κ2) is 9.21. The van der Waals surface area contributed by atoms with Gasteiger partial charge in [0.05, 0.1) is 0 Å². The lowest BCUT2D eigenvalue weighted by Gasteiger charge is -2.07. The SMILES string of the molecule is O=C(NP)Nc1ccc(CCc2ccc(NC(=O)NP)cc2)cc1. The first kappa shape index (κ1) is 18.2. The number of hydrogen-bond acceptors (Lipinski definition) is 2. The predicted molar refractivity (Wildman–Crippen MR) is 104 cm³/mol. The zero-order chi connectivity index (χ0) is 17.4. The molecule has 0 bridgehead atoms. The summed E-state index contributed by atoms with van der Waals surface area (Å²) in [4.78, 5) is 22.4. The minimum atomic E-state index is -0.267. The first-order valence-electron chi connectivity index (χ1n) is 7.34. The van der Waals surface area contributed by atoms with Gasteiger partial charge in [-0.1, -0.05) is 24.3 Å². The van der Waals surface area contributed by atoms with Gasteiger partial charge in [0.2, 0.25) is 0 Å². The van der Waals surface area contributed by atoms with Gasteiger partial charge in [-0.25, -0.2) is 9.59 Å². The van der Waals surface area contributed by atoms with Gasteiger partial charge in [-0.3, -0.25) is 0 Å². The summed E-state index contributed by atoms with van der Waals surface area (Å²) in [6.45, 7) is 0. The number of hydrogen-bond donors (Lipinski definition) is 4. The molecule has 0 aliphatic carbocycles. The van der Waals surface area contributed by atoms with E-state index in [2.05, 4.69) is 39.6 Å². The Balaban J connectivity index is 1.86.